The molecule has 0 fully saturated rings. The molecule has 0 aromatic heterocycles. The lowest BCUT2D eigenvalue weighted by atomic mass is 9.73. The fourth-order valence-corrected chi connectivity index (χ4v) is 3.25. The predicted octanol–water partition coefficient (Wildman–Crippen LogP) is 4.01. The van der Waals surface area contributed by atoms with Gasteiger partial charge in [0.05, 0.1) is 6.61 Å². The molecule has 24 heavy (non-hydrogen) atoms. The van der Waals surface area contributed by atoms with Crippen molar-refractivity contribution in [1.29, 1.82) is 0 Å². The Hall–Kier alpha value is -2.68. The highest BCUT2D eigenvalue weighted by atomic mass is 16.5. The van der Waals surface area contributed by atoms with Gasteiger partial charge in [0.25, 0.3) is 0 Å². The van der Waals surface area contributed by atoms with Crippen LogP contribution in [0.4, 0.5) is 0 Å². The molecule has 0 saturated carbocycles. The third-order valence-corrected chi connectivity index (χ3v) is 4.38. The zero-order valence-corrected chi connectivity index (χ0v) is 13.6. The Kier molecular flexibility index (Phi) is 4.90. The van der Waals surface area contributed by atoms with Crippen LogP contribution in [-0.2, 0) is 14.3 Å². The molecule has 122 valence electrons. The molecule has 0 spiro atoms. The van der Waals surface area contributed by atoms with Crippen LogP contribution in [0.1, 0.15) is 30.4 Å². The average molecular weight is 320 g/mol. The Labute approximate surface area is 142 Å². The minimum atomic E-state index is -0.764. The second kappa shape index (κ2) is 7.26. The van der Waals surface area contributed by atoms with Crippen LogP contribution in [0.15, 0.2) is 66.7 Å². The summed E-state index contributed by atoms with van der Waals surface area (Å²) in [5, 5.41) is 0. The Balaban J connectivity index is 2.00. The molecule has 0 saturated heterocycles. The molecular formula is C21H20O3. The molecule has 0 heterocycles. The summed E-state index contributed by atoms with van der Waals surface area (Å²) in [6.45, 7) is 2.04. The van der Waals surface area contributed by atoms with Crippen molar-refractivity contribution in [3.05, 3.63) is 77.9 Å². The van der Waals surface area contributed by atoms with Gasteiger partial charge in [-0.1, -0.05) is 60.7 Å². The van der Waals surface area contributed by atoms with Crippen molar-refractivity contribution in [3.63, 3.8) is 0 Å². The van der Waals surface area contributed by atoms with E-state index in [1.54, 1.807) is 13.0 Å². The molecule has 0 amide bonds. The number of carbonyl (C=O) groups excluding carboxylic acids is 2. The first-order chi connectivity index (χ1) is 11.7. The molecule has 3 nitrogen and oxygen atoms in total. The molecule has 2 aromatic carbocycles. The van der Waals surface area contributed by atoms with Crippen LogP contribution >= 0.6 is 0 Å². The summed E-state index contributed by atoms with van der Waals surface area (Å²) < 4.78 is 5.16. The van der Waals surface area contributed by atoms with Gasteiger partial charge in [0.1, 0.15) is 5.92 Å². The lowest BCUT2D eigenvalue weighted by Crippen LogP contribution is -2.34. The summed E-state index contributed by atoms with van der Waals surface area (Å²) >= 11 is 0. The molecule has 2 aromatic rings. The van der Waals surface area contributed by atoms with Crippen LogP contribution in [0.25, 0.3) is 5.57 Å². The van der Waals surface area contributed by atoms with Crippen LogP contribution in [0.2, 0.25) is 0 Å². The van der Waals surface area contributed by atoms with E-state index in [1.807, 2.05) is 60.7 Å². The standard InChI is InChI=1S/C21H20O3/c1-2-24-21(23)20-18(16-11-7-4-8-12-16)13-17(14-19(20)22)15-9-5-3-6-10-15/h3-12,14,18,20H,2,13H2,1H3/t18-,20-/m1/s1. The molecule has 1 aliphatic carbocycles. The Bertz CT molecular complexity index is 747. The van der Waals surface area contributed by atoms with Crippen molar-refractivity contribution in [3.8, 4) is 0 Å². The minimum Gasteiger partial charge on any atom is -0.465 e. The van der Waals surface area contributed by atoms with Gasteiger partial charge in [0, 0.05) is 5.92 Å². The molecule has 0 unspecified atom stereocenters. The maximum absolute atomic E-state index is 12.7. The third-order valence-electron chi connectivity index (χ3n) is 4.38. The van der Waals surface area contributed by atoms with Gasteiger partial charge in [0.2, 0.25) is 0 Å². The Morgan fingerprint density at radius 1 is 1.04 bits per heavy atom. The van der Waals surface area contributed by atoms with E-state index in [2.05, 4.69) is 0 Å². The van der Waals surface area contributed by atoms with Gasteiger partial charge in [-0.25, -0.2) is 0 Å². The quantitative estimate of drug-likeness (QED) is 0.631. The number of hydrogen-bond donors (Lipinski definition) is 0. The van der Waals surface area contributed by atoms with Gasteiger partial charge in [-0.3, -0.25) is 9.59 Å². The van der Waals surface area contributed by atoms with Gasteiger partial charge < -0.3 is 4.74 Å². The molecule has 1 aliphatic rings. The molecule has 3 rings (SSSR count). The highest BCUT2D eigenvalue weighted by Crippen LogP contribution is 2.40. The smallest absolute Gasteiger partial charge is 0.317 e. The maximum atomic E-state index is 12.7. The Morgan fingerprint density at radius 2 is 1.67 bits per heavy atom. The van der Waals surface area contributed by atoms with E-state index in [9.17, 15) is 9.59 Å². The fraction of sp³-hybridized carbons (Fsp3) is 0.238. The van der Waals surface area contributed by atoms with Crippen molar-refractivity contribution in [2.24, 2.45) is 5.92 Å². The molecular weight excluding hydrogens is 300 g/mol. The number of ketones is 1. The normalized spacial score (nSPS) is 20.4. The lowest BCUT2D eigenvalue weighted by molar-refractivity contribution is -0.151. The van der Waals surface area contributed by atoms with Crippen molar-refractivity contribution in [2.75, 3.05) is 6.61 Å². The van der Waals surface area contributed by atoms with Crippen LogP contribution < -0.4 is 0 Å². The number of esters is 1. The predicted molar refractivity (Wildman–Crippen MR) is 93.3 cm³/mol. The van der Waals surface area contributed by atoms with E-state index < -0.39 is 11.9 Å². The number of benzene rings is 2. The van der Waals surface area contributed by atoms with E-state index >= 15 is 0 Å². The highest BCUT2D eigenvalue weighted by molar-refractivity contribution is 6.10. The molecule has 0 radical (unpaired) electrons. The SMILES string of the molecule is CCOC(=O)[C@H]1C(=O)C=C(c2ccccc2)C[C@@H]1c1ccccc1. The number of allylic oxidation sites excluding steroid dienone is 2. The van der Waals surface area contributed by atoms with Gasteiger partial charge in [-0.15, -0.1) is 0 Å². The van der Waals surface area contributed by atoms with Gasteiger partial charge in [-0.05, 0) is 36.1 Å². The van der Waals surface area contributed by atoms with E-state index in [0.717, 1.165) is 16.7 Å². The summed E-state index contributed by atoms with van der Waals surface area (Å²) in [5.41, 5.74) is 2.98. The van der Waals surface area contributed by atoms with Crippen LogP contribution in [0.5, 0.6) is 0 Å². The summed E-state index contributed by atoms with van der Waals surface area (Å²) in [6.07, 6.45) is 2.25. The number of rotatable bonds is 4. The monoisotopic (exact) mass is 320 g/mol. The summed E-state index contributed by atoms with van der Waals surface area (Å²) in [6, 6.07) is 19.6. The largest absolute Gasteiger partial charge is 0.465 e. The maximum Gasteiger partial charge on any atom is 0.317 e. The fourth-order valence-electron chi connectivity index (χ4n) is 3.25. The molecule has 2 atom stereocenters. The second-order valence-corrected chi connectivity index (χ2v) is 5.89. The minimum absolute atomic E-state index is 0.174. The van der Waals surface area contributed by atoms with Crippen LogP contribution in [0, 0.1) is 5.92 Å². The van der Waals surface area contributed by atoms with E-state index in [4.69, 9.17) is 4.74 Å². The first-order valence-electron chi connectivity index (χ1n) is 8.22. The van der Waals surface area contributed by atoms with Gasteiger partial charge in [-0.2, -0.15) is 0 Å². The van der Waals surface area contributed by atoms with E-state index in [-0.39, 0.29) is 18.3 Å². The molecule has 0 N–H and O–H groups in total. The van der Waals surface area contributed by atoms with Crippen LogP contribution in [-0.4, -0.2) is 18.4 Å². The highest BCUT2D eigenvalue weighted by Gasteiger charge is 2.39. The second-order valence-electron chi connectivity index (χ2n) is 5.89. The first-order valence-corrected chi connectivity index (χ1v) is 8.22. The third kappa shape index (κ3) is 3.30. The zero-order chi connectivity index (χ0) is 16.9. The number of hydrogen-bond acceptors (Lipinski definition) is 3. The number of carbonyl (C=O) groups is 2. The summed E-state index contributed by atoms with van der Waals surface area (Å²) in [5.74, 6) is -1.56. The topological polar surface area (TPSA) is 43.4 Å². The number of ether oxygens (including phenoxy) is 1. The van der Waals surface area contributed by atoms with Gasteiger partial charge in [0.15, 0.2) is 5.78 Å². The average Bonchev–Trinajstić information content (AvgIpc) is 2.62. The van der Waals surface area contributed by atoms with Crippen molar-refractivity contribution < 1.29 is 14.3 Å². The molecule has 0 aliphatic heterocycles. The van der Waals surface area contributed by atoms with Crippen molar-refractivity contribution >= 4 is 17.3 Å². The van der Waals surface area contributed by atoms with E-state index in [0.29, 0.717) is 6.42 Å². The molecule has 3 heteroatoms. The van der Waals surface area contributed by atoms with Crippen molar-refractivity contribution in [2.45, 2.75) is 19.3 Å². The summed E-state index contributed by atoms with van der Waals surface area (Å²) in [4.78, 5) is 25.1. The van der Waals surface area contributed by atoms with Crippen LogP contribution in [0.3, 0.4) is 0 Å². The van der Waals surface area contributed by atoms with Gasteiger partial charge >= 0.3 is 5.97 Å². The first kappa shape index (κ1) is 16.2. The zero-order valence-electron chi connectivity index (χ0n) is 13.6. The molecule has 0 bridgehead atoms. The van der Waals surface area contributed by atoms with Crippen molar-refractivity contribution in [1.82, 2.24) is 0 Å². The summed E-state index contributed by atoms with van der Waals surface area (Å²) in [7, 11) is 0. The van der Waals surface area contributed by atoms with E-state index in [1.165, 1.54) is 0 Å². The lowest BCUT2D eigenvalue weighted by Gasteiger charge is -2.29. The Morgan fingerprint density at radius 3 is 2.29 bits per heavy atom.